The Morgan fingerprint density at radius 1 is 1.36 bits per heavy atom. The van der Waals surface area contributed by atoms with Crippen molar-refractivity contribution in [2.45, 2.75) is 43.3 Å². The van der Waals surface area contributed by atoms with Gasteiger partial charge in [-0.3, -0.25) is 9.48 Å². The van der Waals surface area contributed by atoms with Crippen LogP contribution in [0.4, 0.5) is 5.82 Å². The number of hydrogen-bond acceptors (Lipinski definition) is 3. The lowest BCUT2D eigenvalue weighted by Gasteiger charge is -2.09. The predicted octanol–water partition coefficient (Wildman–Crippen LogP) is 3.66. The normalized spacial score (nSPS) is 13.5. The van der Waals surface area contributed by atoms with Crippen LogP contribution in [0.1, 0.15) is 41.9 Å². The highest BCUT2D eigenvalue weighted by Crippen LogP contribution is 2.29. The SMILES string of the molecule is CC(C)Sc1cccc(C(=O)Nc2c3c(nn2C)CCC3)c1. The zero-order chi connectivity index (χ0) is 15.7. The molecule has 116 valence electrons. The number of anilines is 1. The minimum absolute atomic E-state index is 0.0658. The molecule has 0 spiro atoms. The Balaban J connectivity index is 1.80. The molecule has 2 aromatic rings. The Morgan fingerprint density at radius 2 is 2.18 bits per heavy atom. The molecular formula is C17H21N3OS. The highest BCUT2D eigenvalue weighted by atomic mass is 32.2. The number of fused-ring (bicyclic) bond motifs is 1. The van der Waals surface area contributed by atoms with E-state index in [1.807, 2.05) is 31.3 Å². The topological polar surface area (TPSA) is 46.9 Å². The van der Waals surface area contributed by atoms with E-state index in [9.17, 15) is 4.79 Å². The lowest BCUT2D eigenvalue weighted by molar-refractivity contribution is 0.102. The molecule has 0 radical (unpaired) electrons. The van der Waals surface area contributed by atoms with E-state index >= 15 is 0 Å². The van der Waals surface area contributed by atoms with Gasteiger partial charge < -0.3 is 5.32 Å². The molecule has 0 fully saturated rings. The van der Waals surface area contributed by atoms with Gasteiger partial charge in [0.1, 0.15) is 5.82 Å². The number of nitrogens with one attached hydrogen (secondary N) is 1. The van der Waals surface area contributed by atoms with E-state index in [0.29, 0.717) is 10.8 Å². The summed E-state index contributed by atoms with van der Waals surface area (Å²) in [7, 11) is 1.89. The molecule has 4 nitrogen and oxygen atoms in total. The van der Waals surface area contributed by atoms with Gasteiger partial charge in [0, 0.05) is 28.3 Å². The van der Waals surface area contributed by atoms with Crippen LogP contribution in [-0.4, -0.2) is 20.9 Å². The molecule has 0 bridgehead atoms. The summed E-state index contributed by atoms with van der Waals surface area (Å²) in [5.41, 5.74) is 3.02. The summed E-state index contributed by atoms with van der Waals surface area (Å²) in [5, 5.41) is 8.03. The molecule has 0 atom stereocenters. The van der Waals surface area contributed by atoms with Crippen molar-refractivity contribution in [1.82, 2.24) is 9.78 Å². The average molecular weight is 315 g/mol. The Morgan fingerprint density at radius 3 is 2.95 bits per heavy atom. The molecule has 1 amide bonds. The van der Waals surface area contributed by atoms with Crippen molar-refractivity contribution in [3.8, 4) is 0 Å². The first-order chi connectivity index (χ1) is 10.5. The summed E-state index contributed by atoms with van der Waals surface area (Å²) >= 11 is 1.76. The summed E-state index contributed by atoms with van der Waals surface area (Å²) in [6, 6.07) is 7.80. The van der Waals surface area contributed by atoms with Gasteiger partial charge in [-0.2, -0.15) is 5.10 Å². The van der Waals surface area contributed by atoms with Crippen molar-refractivity contribution in [3.63, 3.8) is 0 Å². The summed E-state index contributed by atoms with van der Waals surface area (Å²) in [5.74, 6) is 0.781. The Kier molecular flexibility index (Phi) is 4.25. The van der Waals surface area contributed by atoms with Crippen molar-refractivity contribution in [1.29, 1.82) is 0 Å². The number of benzene rings is 1. The number of hydrogen-bond donors (Lipinski definition) is 1. The van der Waals surface area contributed by atoms with Crippen LogP contribution in [0.15, 0.2) is 29.2 Å². The average Bonchev–Trinajstić information content (AvgIpc) is 3.01. The van der Waals surface area contributed by atoms with Gasteiger partial charge in [-0.15, -0.1) is 11.8 Å². The molecule has 22 heavy (non-hydrogen) atoms. The number of aromatic nitrogens is 2. The van der Waals surface area contributed by atoms with Crippen molar-refractivity contribution < 1.29 is 4.79 Å². The second kappa shape index (κ2) is 6.16. The van der Waals surface area contributed by atoms with Crippen LogP contribution in [0.2, 0.25) is 0 Å². The van der Waals surface area contributed by atoms with Crippen molar-refractivity contribution in [2.24, 2.45) is 7.05 Å². The Bertz CT molecular complexity index is 706. The maximum absolute atomic E-state index is 12.5. The number of rotatable bonds is 4. The third kappa shape index (κ3) is 3.04. The lowest BCUT2D eigenvalue weighted by Crippen LogP contribution is -2.15. The van der Waals surface area contributed by atoms with Crippen LogP contribution < -0.4 is 5.32 Å². The molecule has 1 aromatic carbocycles. The molecule has 0 unspecified atom stereocenters. The molecule has 1 heterocycles. The first-order valence-electron chi connectivity index (χ1n) is 7.67. The molecule has 1 aliphatic carbocycles. The first-order valence-corrected chi connectivity index (χ1v) is 8.55. The number of carbonyl (C=O) groups excluding carboxylic acids is 1. The fraction of sp³-hybridized carbons (Fsp3) is 0.412. The van der Waals surface area contributed by atoms with Gasteiger partial charge in [-0.05, 0) is 37.5 Å². The number of carbonyl (C=O) groups is 1. The molecule has 0 aliphatic heterocycles. The minimum atomic E-state index is -0.0658. The van der Waals surface area contributed by atoms with Crippen LogP contribution in [0.25, 0.3) is 0 Å². The Labute approximate surface area is 135 Å². The van der Waals surface area contributed by atoms with E-state index in [-0.39, 0.29) is 5.91 Å². The zero-order valence-electron chi connectivity index (χ0n) is 13.2. The highest BCUT2D eigenvalue weighted by molar-refractivity contribution is 7.99. The molecule has 5 heteroatoms. The van der Waals surface area contributed by atoms with E-state index < -0.39 is 0 Å². The number of nitrogens with zero attached hydrogens (tertiary/aromatic N) is 2. The first kappa shape index (κ1) is 15.2. The van der Waals surface area contributed by atoms with E-state index in [4.69, 9.17) is 0 Å². The highest BCUT2D eigenvalue weighted by Gasteiger charge is 2.22. The molecular weight excluding hydrogens is 294 g/mol. The number of thioether (sulfide) groups is 1. The minimum Gasteiger partial charge on any atom is -0.307 e. The summed E-state index contributed by atoms with van der Waals surface area (Å²) in [6.45, 7) is 4.30. The maximum atomic E-state index is 12.5. The monoisotopic (exact) mass is 315 g/mol. The summed E-state index contributed by atoms with van der Waals surface area (Å²) < 4.78 is 1.79. The standard InChI is InChI=1S/C17H21N3OS/c1-11(2)22-13-7-4-6-12(10-13)17(21)18-16-14-8-5-9-15(14)19-20(16)3/h4,6-7,10-11H,5,8-9H2,1-3H3,(H,18,21). The van der Waals surface area contributed by atoms with Crippen molar-refractivity contribution in [3.05, 3.63) is 41.1 Å². The third-order valence-corrected chi connectivity index (χ3v) is 4.77. The second-order valence-electron chi connectivity index (χ2n) is 5.90. The molecule has 0 saturated carbocycles. The van der Waals surface area contributed by atoms with Crippen LogP contribution in [0, 0.1) is 0 Å². The molecule has 1 aliphatic rings. The van der Waals surface area contributed by atoms with Gasteiger partial charge in [0.25, 0.3) is 5.91 Å². The fourth-order valence-electron chi connectivity index (χ4n) is 2.84. The maximum Gasteiger partial charge on any atom is 0.256 e. The fourth-order valence-corrected chi connectivity index (χ4v) is 3.73. The lowest BCUT2D eigenvalue weighted by atomic mass is 10.2. The quantitative estimate of drug-likeness (QED) is 0.876. The largest absolute Gasteiger partial charge is 0.307 e. The smallest absolute Gasteiger partial charge is 0.256 e. The Hall–Kier alpha value is -1.75. The summed E-state index contributed by atoms with van der Waals surface area (Å²) in [6.07, 6.45) is 3.14. The number of aryl methyl sites for hydroxylation is 2. The van der Waals surface area contributed by atoms with E-state index in [0.717, 1.165) is 35.7 Å². The van der Waals surface area contributed by atoms with Gasteiger partial charge in [-0.1, -0.05) is 19.9 Å². The second-order valence-corrected chi connectivity index (χ2v) is 7.55. The van der Waals surface area contributed by atoms with Crippen LogP contribution in [-0.2, 0) is 19.9 Å². The van der Waals surface area contributed by atoms with Crippen LogP contribution in [0.5, 0.6) is 0 Å². The number of amides is 1. The predicted molar refractivity (Wildman–Crippen MR) is 90.6 cm³/mol. The van der Waals surface area contributed by atoms with E-state index in [1.54, 1.807) is 16.4 Å². The molecule has 0 saturated heterocycles. The van der Waals surface area contributed by atoms with Gasteiger partial charge in [0.2, 0.25) is 0 Å². The van der Waals surface area contributed by atoms with E-state index in [2.05, 4.69) is 24.3 Å². The zero-order valence-corrected chi connectivity index (χ0v) is 14.0. The van der Waals surface area contributed by atoms with E-state index in [1.165, 1.54) is 5.56 Å². The summed E-state index contributed by atoms with van der Waals surface area (Å²) in [4.78, 5) is 13.7. The van der Waals surface area contributed by atoms with Gasteiger partial charge in [0.05, 0.1) is 5.69 Å². The van der Waals surface area contributed by atoms with Crippen LogP contribution in [0.3, 0.4) is 0 Å². The molecule has 3 rings (SSSR count). The van der Waals surface area contributed by atoms with Gasteiger partial charge in [0.15, 0.2) is 0 Å². The van der Waals surface area contributed by atoms with Crippen molar-refractivity contribution in [2.75, 3.05) is 5.32 Å². The van der Waals surface area contributed by atoms with Crippen molar-refractivity contribution >= 4 is 23.5 Å². The van der Waals surface area contributed by atoms with Gasteiger partial charge >= 0.3 is 0 Å². The van der Waals surface area contributed by atoms with Gasteiger partial charge in [-0.25, -0.2) is 0 Å². The third-order valence-electron chi connectivity index (χ3n) is 3.77. The molecule has 1 aromatic heterocycles. The van der Waals surface area contributed by atoms with Crippen LogP contribution >= 0.6 is 11.8 Å². The molecule has 1 N–H and O–H groups in total.